The van der Waals surface area contributed by atoms with Crippen molar-refractivity contribution in [1.29, 1.82) is 0 Å². The van der Waals surface area contributed by atoms with Gasteiger partial charge in [0.2, 0.25) is 5.91 Å². The van der Waals surface area contributed by atoms with Crippen molar-refractivity contribution in [2.75, 3.05) is 6.54 Å². The van der Waals surface area contributed by atoms with E-state index in [1.165, 1.54) is 6.08 Å². The van der Waals surface area contributed by atoms with Gasteiger partial charge in [0.1, 0.15) is 6.04 Å². The van der Waals surface area contributed by atoms with Crippen molar-refractivity contribution >= 4 is 11.9 Å². The van der Waals surface area contributed by atoms with Crippen LogP contribution >= 0.6 is 0 Å². The number of carboxylic acids is 1. The van der Waals surface area contributed by atoms with E-state index in [-0.39, 0.29) is 18.4 Å². The van der Waals surface area contributed by atoms with Gasteiger partial charge in [0.15, 0.2) is 0 Å². The van der Waals surface area contributed by atoms with Crippen molar-refractivity contribution in [2.45, 2.75) is 37.8 Å². The quantitative estimate of drug-likeness (QED) is 0.588. The summed E-state index contributed by atoms with van der Waals surface area (Å²) in [6.07, 6.45) is 4.58. The minimum absolute atomic E-state index is 0.228. The normalized spacial score (nSPS) is 22.1. The van der Waals surface area contributed by atoms with E-state index < -0.39 is 12.0 Å². The topological polar surface area (TPSA) is 78.4 Å². The third kappa shape index (κ3) is 3.66. The Balaban J connectivity index is 2.46. The van der Waals surface area contributed by atoms with E-state index in [1.807, 2.05) is 0 Å². The first-order valence-electron chi connectivity index (χ1n) is 5.52. The summed E-state index contributed by atoms with van der Waals surface area (Å²) >= 11 is 0. The van der Waals surface area contributed by atoms with Gasteiger partial charge in [0, 0.05) is 0 Å². The average Bonchev–Trinajstić information content (AvgIpc) is 2.29. The molecule has 5 nitrogen and oxygen atoms in total. The molecule has 1 rings (SSSR count). The summed E-state index contributed by atoms with van der Waals surface area (Å²) in [5.74, 6) is -1.25. The minimum Gasteiger partial charge on any atom is -0.480 e. The van der Waals surface area contributed by atoms with E-state index in [9.17, 15) is 9.59 Å². The van der Waals surface area contributed by atoms with E-state index >= 15 is 0 Å². The smallest absolute Gasteiger partial charge is 0.326 e. The maximum atomic E-state index is 11.7. The number of carbonyl (C=O) groups excluding carboxylic acids is 1. The first-order chi connectivity index (χ1) is 7.65. The highest BCUT2D eigenvalue weighted by Crippen LogP contribution is 2.07. The zero-order valence-electron chi connectivity index (χ0n) is 9.24. The summed E-state index contributed by atoms with van der Waals surface area (Å²) in [5, 5.41) is 14.5. The molecule has 0 aromatic rings. The Hall–Kier alpha value is -1.36. The second-order valence-corrected chi connectivity index (χ2v) is 3.93. The first kappa shape index (κ1) is 12.7. The van der Waals surface area contributed by atoms with Crippen molar-refractivity contribution in [3.05, 3.63) is 12.7 Å². The van der Waals surface area contributed by atoms with Gasteiger partial charge in [-0.3, -0.25) is 4.79 Å². The molecule has 16 heavy (non-hydrogen) atoms. The van der Waals surface area contributed by atoms with Crippen LogP contribution in [0.15, 0.2) is 12.7 Å². The lowest BCUT2D eigenvalue weighted by molar-refractivity contribution is -0.142. The lowest BCUT2D eigenvalue weighted by atomic mass is 10.0. The van der Waals surface area contributed by atoms with E-state index in [2.05, 4.69) is 17.2 Å². The van der Waals surface area contributed by atoms with Crippen molar-refractivity contribution in [3.8, 4) is 0 Å². The Bertz CT molecular complexity index is 272. The lowest BCUT2D eigenvalue weighted by Crippen LogP contribution is -2.51. The van der Waals surface area contributed by atoms with Gasteiger partial charge in [-0.25, -0.2) is 4.79 Å². The largest absolute Gasteiger partial charge is 0.480 e. The van der Waals surface area contributed by atoms with E-state index in [4.69, 9.17) is 5.11 Å². The summed E-state index contributed by atoms with van der Waals surface area (Å²) in [5.41, 5.74) is 0. The predicted octanol–water partition coefficient (Wildman–Crippen LogP) is 0.274. The summed E-state index contributed by atoms with van der Waals surface area (Å²) in [7, 11) is 0. The SMILES string of the molecule is C=CCC(NC(=O)[C@H]1CCCCN1)C(=O)O. The average molecular weight is 226 g/mol. The van der Waals surface area contributed by atoms with Gasteiger partial charge in [-0.15, -0.1) is 6.58 Å². The fourth-order valence-electron chi connectivity index (χ4n) is 1.74. The zero-order valence-corrected chi connectivity index (χ0v) is 9.24. The number of amides is 1. The molecule has 1 amide bonds. The predicted molar refractivity (Wildman–Crippen MR) is 60.0 cm³/mol. The number of hydrogen-bond donors (Lipinski definition) is 3. The summed E-state index contributed by atoms with van der Waals surface area (Å²) in [6.45, 7) is 4.29. The number of hydrogen-bond acceptors (Lipinski definition) is 3. The highest BCUT2D eigenvalue weighted by Gasteiger charge is 2.25. The molecular formula is C11H18N2O3. The van der Waals surface area contributed by atoms with Crippen molar-refractivity contribution in [1.82, 2.24) is 10.6 Å². The molecule has 1 aliphatic heterocycles. The van der Waals surface area contributed by atoms with Crippen LogP contribution in [0.5, 0.6) is 0 Å². The summed E-state index contributed by atoms with van der Waals surface area (Å²) in [4.78, 5) is 22.5. The van der Waals surface area contributed by atoms with E-state index in [0.717, 1.165) is 25.8 Å². The summed E-state index contributed by atoms with van der Waals surface area (Å²) in [6, 6.07) is -1.12. The van der Waals surface area contributed by atoms with Gasteiger partial charge in [0.25, 0.3) is 0 Å². The lowest BCUT2D eigenvalue weighted by Gasteiger charge is -2.24. The van der Waals surface area contributed by atoms with Crippen molar-refractivity contribution in [2.24, 2.45) is 0 Å². The number of piperidine rings is 1. The third-order valence-corrected chi connectivity index (χ3v) is 2.64. The molecule has 0 spiro atoms. The second-order valence-electron chi connectivity index (χ2n) is 3.93. The molecule has 3 N–H and O–H groups in total. The number of carboxylic acid groups (broad SMARTS) is 1. The van der Waals surface area contributed by atoms with Crippen LogP contribution in [0.2, 0.25) is 0 Å². The van der Waals surface area contributed by atoms with Gasteiger partial charge in [-0.05, 0) is 25.8 Å². The van der Waals surface area contributed by atoms with Crippen molar-refractivity contribution < 1.29 is 14.7 Å². The molecule has 5 heteroatoms. The van der Waals surface area contributed by atoms with Crippen LogP contribution in [0.25, 0.3) is 0 Å². The molecule has 0 bridgehead atoms. The van der Waals surface area contributed by atoms with Gasteiger partial charge in [-0.2, -0.15) is 0 Å². The van der Waals surface area contributed by atoms with Crippen molar-refractivity contribution in [3.63, 3.8) is 0 Å². The molecule has 1 unspecified atom stereocenters. The van der Waals surface area contributed by atoms with Crippen LogP contribution in [0.3, 0.4) is 0 Å². The number of aliphatic carboxylic acids is 1. The van der Waals surface area contributed by atoms with Crippen LogP contribution in [0, 0.1) is 0 Å². The highest BCUT2D eigenvalue weighted by atomic mass is 16.4. The Morgan fingerprint density at radius 3 is 2.81 bits per heavy atom. The molecule has 90 valence electrons. The number of rotatable bonds is 5. The number of nitrogens with one attached hydrogen (secondary N) is 2. The second kappa shape index (κ2) is 6.27. The molecule has 0 saturated carbocycles. The Kier molecular flexibility index (Phi) is 4.98. The van der Waals surface area contributed by atoms with Gasteiger partial charge in [0.05, 0.1) is 6.04 Å². The van der Waals surface area contributed by atoms with E-state index in [0.29, 0.717) is 0 Å². The third-order valence-electron chi connectivity index (χ3n) is 2.64. The maximum Gasteiger partial charge on any atom is 0.326 e. The molecule has 0 aromatic heterocycles. The van der Waals surface area contributed by atoms with Crippen LogP contribution in [0.4, 0.5) is 0 Å². The molecular weight excluding hydrogens is 208 g/mol. The fraction of sp³-hybridized carbons (Fsp3) is 0.636. The minimum atomic E-state index is -1.02. The Labute approximate surface area is 94.9 Å². The van der Waals surface area contributed by atoms with Crippen LogP contribution < -0.4 is 10.6 Å². The Morgan fingerprint density at radius 1 is 1.56 bits per heavy atom. The standard InChI is InChI=1S/C11H18N2O3/c1-2-5-9(11(15)16)13-10(14)8-6-3-4-7-12-8/h2,8-9,12H,1,3-7H2,(H,13,14)(H,15,16)/t8-,9?/m1/s1. The fourth-order valence-corrected chi connectivity index (χ4v) is 1.74. The van der Waals surface area contributed by atoms with E-state index in [1.54, 1.807) is 0 Å². The molecule has 0 aliphatic carbocycles. The molecule has 2 atom stereocenters. The van der Waals surface area contributed by atoms with Gasteiger partial charge >= 0.3 is 5.97 Å². The first-order valence-corrected chi connectivity index (χ1v) is 5.52. The maximum absolute atomic E-state index is 11.7. The molecule has 1 fully saturated rings. The van der Waals surface area contributed by atoms with Crippen LogP contribution in [-0.2, 0) is 9.59 Å². The highest BCUT2D eigenvalue weighted by molar-refractivity contribution is 5.87. The summed E-state index contributed by atoms with van der Waals surface area (Å²) < 4.78 is 0. The zero-order chi connectivity index (χ0) is 12.0. The molecule has 0 aromatic carbocycles. The van der Waals surface area contributed by atoms with Crippen LogP contribution in [-0.4, -0.2) is 35.6 Å². The molecule has 1 saturated heterocycles. The number of carbonyl (C=O) groups is 2. The van der Waals surface area contributed by atoms with Crippen LogP contribution in [0.1, 0.15) is 25.7 Å². The molecule has 1 aliphatic rings. The monoisotopic (exact) mass is 226 g/mol. The molecule has 1 heterocycles. The molecule has 0 radical (unpaired) electrons. The van der Waals surface area contributed by atoms with Gasteiger partial charge in [-0.1, -0.05) is 12.5 Å². The Morgan fingerprint density at radius 2 is 2.31 bits per heavy atom. The van der Waals surface area contributed by atoms with Gasteiger partial charge < -0.3 is 15.7 Å².